The number of nitrogens with zero attached hydrogens (tertiary/aromatic N) is 3. The van der Waals surface area contributed by atoms with Gasteiger partial charge in [-0.2, -0.15) is 10.1 Å². The lowest BCUT2D eigenvalue weighted by atomic mass is 10.2. The molecule has 0 saturated heterocycles. The second-order valence-corrected chi connectivity index (χ2v) is 4.85. The Hall–Kier alpha value is -2.67. The highest BCUT2D eigenvalue weighted by Gasteiger charge is 2.07. The van der Waals surface area contributed by atoms with Crippen molar-refractivity contribution in [1.82, 2.24) is 20.2 Å². The van der Waals surface area contributed by atoms with Gasteiger partial charge in [0.05, 0.1) is 18.1 Å². The van der Waals surface area contributed by atoms with Gasteiger partial charge in [-0.15, -0.1) is 0 Å². The lowest BCUT2D eigenvalue weighted by Gasteiger charge is -2.09. The third-order valence-corrected chi connectivity index (χ3v) is 3.18. The van der Waals surface area contributed by atoms with Crippen LogP contribution in [0.25, 0.3) is 0 Å². The fraction of sp³-hybridized carbons (Fsp3) is 0.0714. The molecule has 6 nitrogen and oxygen atoms in total. The maximum Gasteiger partial charge on any atom is 0.229 e. The zero-order chi connectivity index (χ0) is 15.4. The Bertz CT molecular complexity index is 762. The van der Waals surface area contributed by atoms with Crippen molar-refractivity contribution in [2.75, 3.05) is 10.6 Å². The molecule has 0 fully saturated rings. The highest BCUT2D eigenvalue weighted by molar-refractivity contribution is 6.32. The molecule has 0 aliphatic heterocycles. The molecule has 112 valence electrons. The monoisotopic (exact) mass is 318 g/mol. The minimum absolute atomic E-state index is 0.272. The smallest absolute Gasteiger partial charge is 0.229 e. The van der Waals surface area contributed by atoms with Crippen molar-refractivity contribution in [3.8, 4) is 0 Å². The SMILES string of the molecule is Fc1ccccc1CNc1nc(Nc2cn[nH]c2)ncc1Cl. The quantitative estimate of drug-likeness (QED) is 0.672. The number of hydrogen-bond acceptors (Lipinski definition) is 5. The number of halogens is 2. The van der Waals surface area contributed by atoms with Crippen LogP contribution in [-0.2, 0) is 6.54 Å². The predicted molar refractivity (Wildman–Crippen MR) is 82.6 cm³/mol. The normalized spacial score (nSPS) is 10.5. The molecule has 22 heavy (non-hydrogen) atoms. The van der Waals surface area contributed by atoms with Gasteiger partial charge in [0.15, 0.2) is 5.82 Å². The number of aromatic nitrogens is 4. The fourth-order valence-electron chi connectivity index (χ4n) is 1.82. The molecule has 3 aromatic rings. The Labute approximate surface area is 130 Å². The molecular formula is C14H12ClFN6. The van der Waals surface area contributed by atoms with Crippen LogP contribution in [0.5, 0.6) is 0 Å². The third-order valence-electron chi connectivity index (χ3n) is 2.90. The van der Waals surface area contributed by atoms with Crippen LogP contribution in [0.4, 0.5) is 21.8 Å². The van der Waals surface area contributed by atoms with E-state index in [2.05, 4.69) is 30.8 Å². The number of H-pyrrole nitrogens is 1. The molecule has 0 aliphatic carbocycles. The topological polar surface area (TPSA) is 78.5 Å². The molecule has 0 aliphatic rings. The van der Waals surface area contributed by atoms with Gasteiger partial charge in [0.1, 0.15) is 10.8 Å². The first kappa shape index (κ1) is 14.3. The highest BCUT2D eigenvalue weighted by Crippen LogP contribution is 2.22. The number of rotatable bonds is 5. The van der Waals surface area contributed by atoms with Gasteiger partial charge in [0, 0.05) is 18.3 Å². The Kier molecular flexibility index (Phi) is 4.15. The van der Waals surface area contributed by atoms with Gasteiger partial charge in [0.25, 0.3) is 0 Å². The zero-order valence-corrected chi connectivity index (χ0v) is 12.1. The second-order valence-electron chi connectivity index (χ2n) is 4.45. The Morgan fingerprint density at radius 2 is 2.09 bits per heavy atom. The van der Waals surface area contributed by atoms with Crippen molar-refractivity contribution < 1.29 is 4.39 Å². The van der Waals surface area contributed by atoms with Gasteiger partial charge >= 0.3 is 0 Å². The molecule has 2 heterocycles. The van der Waals surface area contributed by atoms with Crippen molar-refractivity contribution in [3.05, 3.63) is 59.3 Å². The molecule has 0 bridgehead atoms. The Morgan fingerprint density at radius 3 is 2.86 bits per heavy atom. The maximum absolute atomic E-state index is 13.6. The summed E-state index contributed by atoms with van der Waals surface area (Å²) >= 11 is 6.06. The van der Waals surface area contributed by atoms with E-state index in [0.717, 1.165) is 5.69 Å². The van der Waals surface area contributed by atoms with Crippen LogP contribution in [0.15, 0.2) is 42.9 Å². The molecule has 3 rings (SSSR count). The molecule has 0 saturated carbocycles. The summed E-state index contributed by atoms with van der Waals surface area (Å²) in [5.41, 5.74) is 1.25. The first-order valence-corrected chi connectivity index (χ1v) is 6.86. The van der Waals surface area contributed by atoms with Crippen LogP contribution in [-0.4, -0.2) is 20.2 Å². The van der Waals surface area contributed by atoms with Crippen LogP contribution in [0, 0.1) is 5.82 Å². The number of aromatic amines is 1. The molecule has 0 unspecified atom stereocenters. The van der Waals surface area contributed by atoms with E-state index < -0.39 is 0 Å². The van der Waals surface area contributed by atoms with Crippen molar-refractivity contribution in [1.29, 1.82) is 0 Å². The minimum Gasteiger partial charge on any atom is -0.364 e. The van der Waals surface area contributed by atoms with Crippen molar-refractivity contribution in [2.45, 2.75) is 6.54 Å². The summed E-state index contributed by atoms with van der Waals surface area (Å²) < 4.78 is 13.6. The van der Waals surface area contributed by atoms with E-state index in [1.54, 1.807) is 30.6 Å². The van der Waals surface area contributed by atoms with Crippen LogP contribution in [0.3, 0.4) is 0 Å². The van der Waals surface area contributed by atoms with Crippen LogP contribution < -0.4 is 10.6 Å². The zero-order valence-electron chi connectivity index (χ0n) is 11.3. The fourth-order valence-corrected chi connectivity index (χ4v) is 1.98. The maximum atomic E-state index is 13.6. The van der Waals surface area contributed by atoms with E-state index in [1.165, 1.54) is 12.3 Å². The van der Waals surface area contributed by atoms with Crippen molar-refractivity contribution in [2.24, 2.45) is 0 Å². The molecule has 0 atom stereocenters. The van der Waals surface area contributed by atoms with E-state index in [0.29, 0.717) is 22.4 Å². The van der Waals surface area contributed by atoms with Crippen molar-refractivity contribution in [3.63, 3.8) is 0 Å². The van der Waals surface area contributed by atoms with Gasteiger partial charge in [-0.3, -0.25) is 5.10 Å². The molecule has 0 spiro atoms. The summed E-state index contributed by atoms with van der Waals surface area (Å²) in [6.45, 7) is 0.272. The highest BCUT2D eigenvalue weighted by atomic mass is 35.5. The molecule has 1 aromatic carbocycles. The van der Waals surface area contributed by atoms with Crippen LogP contribution in [0.2, 0.25) is 5.02 Å². The summed E-state index contributed by atoms with van der Waals surface area (Å²) in [5, 5.41) is 12.8. The van der Waals surface area contributed by atoms with Gasteiger partial charge in [-0.25, -0.2) is 9.37 Å². The molecule has 0 amide bonds. The lowest BCUT2D eigenvalue weighted by molar-refractivity contribution is 0.613. The Morgan fingerprint density at radius 1 is 1.23 bits per heavy atom. The molecule has 0 radical (unpaired) electrons. The minimum atomic E-state index is -0.281. The van der Waals surface area contributed by atoms with E-state index in [-0.39, 0.29) is 12.4 Å². The Balaban J connectivity index is 1.74. The standard InChI is InChI=1S/C14H12ClFN6/c15-11-8-18-14(21-10-6-19-20-7-10)22-13(11)17-5-9-3-1-2-4-12(9)16/h1-4,6-8H,5H2,(H,19,20)(H2,17,18,21,22). The van der Waals surface area contributed by atoms with Gasteiger partial charge in [0.2, 0.25) is 5.95 Å². The summed E-state index contributed by atoms with van der Waals surface area (Å²) in [6.07, 6.45) is 4.75. The van der Waals surface area contributed by atoms with Gasteiger partial charge in [-0.05, 0) is 6.07 Å². The second kappa shape index (κ2) is 6.40. The average molecular weight is 319 g/mol. The molecule has 2 aromatic heterocycles. The summed E-state index contributed by atoms with van der Waals surface area (Å²) in [7, 11) is 0. The first-order valence-electron chi connectivity index (χ1n) is 6.48. The lowest BCUT2D eigenvalue weighted by Crippen LogP contribution is -2.06. The van der Waals surface area contributed by atoms with E-state index in [1.807, 2.05) is 0 Å². The molecule has 8 heteroatoms. The number of nitrogens with one attached hydrogen (secondary N) is 3. The average Bonchev–Trinajstić information content (AvgIpc) is 3.02. The van der Waals surface area contributed by atoms with Gasteiger partial charge < -0.3 is 10.6 Å². The van der Waals surface area contributed by atoms with E-state index in [4.69, 9.17) is 11.6 Å². The summed E-state index contributed by atoms with van der Waals surface area (Å²) in [5.74, 6) is 0.504. The third kappa shape index (κ3) is 3.32. The number of benzene rings is 1. The largest absolute Gasteiger partial charge is 0.364 e. The summed E-state index contributed by atoms with van der Waals surface area (Å²) in [4.78, 5) is 8.34. The van der Waals surface area contributed by atoms with Crippen LogP contribution >= 0.6 is 11.6 Å². The number of hydrogen-bond donors (Lipinski definition) is 3. The first-order chi connectivity index (χ1) is 10.7. The number of anilines is 3. The predicted octanol–water partition coefficient (Wildman–Crippen LogP) is 3.35. The molecule has 3 N–H and O–H groups in total. The summed E-state index contributed by atoms with van der Waals surface area (Å²) in [6, 6.07) is 6.52. The van der Waals surface area contributed by atoms with E-state index >= 15 is 0 Å². The molecular weight excluding hydrogens is 307 g/mol. The van der Waals surface area contributed by atoms with Gasteiger partial charge in [-0.1, -0.05) is 29.8 Å². The van der Waals surface area contributed by atoms with E-state index in [9.17, 15) is 4.39 Å². The van der Waals surface area contributed by atoms with Crippen LogP contribution in [0.1, 0.15) is 5.56 Å². The van der Waals surface area contributed by atoms with Crippen molar-refractivity contribution >= 4 is 29.1 Å².